The highest BCUT2D eigenvalue weighted by atomic mass is 15.1. The van der Waals surface area contributed by atoms with E-state index < -0.39 is 0 Å². The van der Waals surface area contributed by atoms with Gasteiger partial charge in [-0.3, -0.25) is 4.57 Å². The number of hydrogen-bond donors (Lipinski definition) is 1. The molecule has 0 fully saturated rings. The van der Waals surface area contributed by atoms with Crippen LogP contribution in [0.15, 0.2) is 18.6 Å². The molecule has 2 rings (SSSR count). The highest BCUT2D eigenvalue weighted by molar-refractivity contribution is 5.44. The van der Waals surface area contributed by atoms with Crippen molar-refractivity contribution in [3.8, 4) is 18.0 Å². The lowest BCUT2D eigenvalue weighted by molar-refractivity contribution is 0.673. The minimum absolute atomic E-state index is 0.118. The summed E-state index contributed by atoms with van der Waals surface area (Å²) < 4.78 is 1.55. The number of pyridine rings is 1. The van der Waals surface area contributed by atoms with Crippen molar-refractivity contribution in [3.63, 3.8) is 0 Å². The largest absolute Gasteiger partial charge is 0.313 e. The Hall–Kier alpha value is -2.70. The monoisotopic (exact) mass is 280 g/mol. The molecule has 0 spiro atoms. The summed E-state index contributed by atoms with van der Waals surface area (Å²) in [5.74, 6) is 0.625. The van der Waals surface area contributed by atoms with Crippen molar-refractivity contribution in [2.24, 2.45) is 0 Å². The molecule has 2 heterocycles. The molecule has 1 N–H and O–H groups in total. The highest BCUT2D eigenvalue weighted by Crippen LogP contribution is 2.16. The lowest BCUT2D eigenvalue weighted by atomic mass is 10.2. The van der Waals surface area contributed by atoms with Gasteiger partial charge in [0.2, 0.25) is 0 Å². The van der Waals surface area contributed by atoms with E-state index >= 15 is 0 Å². The van der Waals surface area contributed by atoms with Crippen molar-refractivity contribution >= 4 is 0 Å². The molecule has 2 aromatic rings. The van der Waals surface area contributed by atoms with Gasteiger partial charge in [0.25, 0.3) is 0 Å². The second-order valence-corrected chi connectivity index (χ2v) is 4.70. The van der Waals surface area contributed by atoms with E-state index in [2.05, 4.69) is 22.2 Å². The molecule has 6 nitrogen and oxygen atoms in total. The van der Waals surface area contributed by atoms with Crippen LogP contribution >= 0.6 is 0 Å². The van der Waals surface area contributed by atoms with Gasteiger partial charge in [0.15, 0.2) is 11.4 Å². The van der Waals surface area contributed by atoms with Crippen molar-refractivity contribution in [2.75, 3.05) is 6.54 Å². The van der Waals surface area contributed by atoms with Gasteiger partial charge in [-0.25, -0.2) is 9.97 Å². The lowest BCUT2D eigenvalue weighted by Gasteiger charge is -2.09. The van der Waals surface area contributed by atoms with Crippen molar-refractivity contribution in [3.05, 3.63) is 41.1 Å². The first-order valence-corrected chi connectivity index (χ1v) is 6.75. The summed E-state index contributed by atoms with van der Waals surface area (Å²) >= 11 is 0. The first kappa shape index (κ1) is 14.7. The lowest BCUT2D eigenvalue weighted by Crippen LogP contribution is -2.14. The van der Waals surface area contributed by atoms with Crippen LogP contribution in [0.3, 0.4) is 0 Å². The van der Waals surface area contributed by atoms with Crippen molar-refractivity contribution in [2.45, 2.75) is 26.8 Å². The van der Waals surface area contributed by atoms with Crippen LogP contribution in [0.1, 0.15) is 35.9 Å². The maximum Gasteiger partial charge on any atom is 0.177 e. The van der Waals surface area contributed by atoms with E-state index in [9.17, 15) is 0 Å². The fraction of sp³-hybridized carbons (Fsp3) is 0.333. The molecule has 0 atom stereocenters. The number of aromatic nitrogens is 3. The van der Waals surface area contributed by atoms with Crippen LogP contribution < -0.4 is 5.32 Å². The molecule has 0 unspecified atom stereocenters. The third-order valence-corrected chi connectivity index (χ3v) is 3.07. The number of nitrogens with zero attached hydrogens (tertiary/aromatic N) is 5. The summed E-state index contributed by atoms with van der Waals surface area (Å²) in [6.07, 6.45) is 4.32. The Balaban J connectivity index is 2.32. The molecule has 0 aliphatic carbocycles. The first-order valence-electron chi connectivity index (χ1n) is 6.75. The molecule has 0 bridgehead atoms. The van der Waals surface area contributed by atoms with Crippen molar-refractivity contribution in [1.29, 1.82) is 10.5 Å². The number of rotatable bonds is 5. The van der Waals surface area contributed by atoms with Crippen LogP contribution in [0.4, 0.5) is 0 Å². The zero-order valence-electron chi connectivity index (χ0n) is 12.1. The molecule has 0 aromatic carbocycles. The van der Waals surface area contributed by atoms with Crippen LogP contribution in [0.5, 0.6) is 0 Å². The summed E-state index contributed by atoms with van der Waals surface area (Å²) in [5, 5.41) is 21.4. The normalized spacial score (nSPS) is 10.1. The molecule has 0 radical (unpaired) electrons. The van der Waals surface area contributed by atoms with E-state index in [1.54, 1.807) is 10.8 Å². The van der Waals surface area contributed by atoms with Gasteiger partial charge in [-0.05, 0) is 37.1 Å². The van der Waals surface area contributed by atoms with Crippen molar-refractivity contribution < 1.29 is 0 Å². The summed E-state index contributed by atoms with van der Waals surface area (Å²) in [6.45, 7) is 5.78. The number of imidazole rings is 1. The molecule has 106 valence electrons. The van der Waals surface area contributed by atoms with Crippen LogP contribution in [-0.2, 0) is 6.54 Å². The third kappa shape index (κ3) is 3.07. The van der Waals surface area contributed by atoms with Gasteiger partial charge >= 0.3 is 0 Å². The predicted octanol–water partition coefficient (Wildman–Crippen LogP) is 1.82. The van der Waals surface area contributed by atoms with Gasteiger partial charge in [-0.2, -0.15) is 10.5 Å². The number of aryl methyl sites for hydroxylation is 1. The van der Waals surface area contributed by atoms with Gasteiger partial charge in [-0.1, -0.05) is 6.92 Å². The van der Waals surface area contributed by atoms with Crippen LogP contribution in [0.2, 0.25) is 0 Å². The Morgan fingerprint density at radius 1 is 1.29 bits per heavy atom. The number of nitriles is 2. The standard InChI is InChI=1S/C15H16N6/c1-3-4-18-8-12-5-11(2)15(19-9-12)21-10-20-13(6-16)14(21)7-17/h5,9-10,18H,3-4,8H2,1-2H3. The molecule has 0 saturated carbocycles. The minimum atomic E-state index is 0.118. The minimum Gasteiger partial charge on any atom is -0.313 e. The van der Waals surface area contributed by atoms with E-state index in [1.165, 1.54) is 6.33 Å². The maximum atomic E-state index is 9.17. The maximum absolute atomic E-state index is 9.17. The summed E-state index contributed by atoms with van der Waals surface area (Å²) in [4.78, 5) is 8.34. The third-order valence-electron chi connectivity index (χ3n) is 3.07. The Kier molecular flexibility index (Phi) is 4.65. The average Bonchev–Trinajstić information content (AvgIpc) is 2.90. The Bertz CT molecular complexity index is 717. The fourth-order valence-electron chi connectivity index (χ4n) is 2.08. The Labute approximate surface area is 123 Å². The van der Waals surface area contributed by atoms with Crippen LogP contribution in [0.25, 0.3) is 5.82 Å². The van der Waals surface area contributed by atoms with Crippen molar-refractivity contribution in [1.82, 2.24) is 19.9 Å². The summed E-state index contributed by atoms with van der Waals surface area (Å²) in [6, 6.07) is 5.94. The smallest absolute Gasteiger partial charge is 0.177 e. The van der Waals surface area contributed by atoms with E-state index in [1.807, 2.05) is 25.1 Å². The van der Waals surface area contributed by atoms with E-state index in [0.29, 0.717) is 5.82 Å². The SMILES string of the molecule is CCCNCc1cnc(-n2cnc(C#N)c2C#N)c(C)c1. The summed E-state index contributed by atoms with van der Waals surface area (Å²) in [5.41, 5.74) is 2.35. The summed E-state index contributed by atoms with van der Waals surface area (Å²) in [7, 11) is 0. The molecule has 0 aliphatic rings. The predicted molar refractivity (Wildman–Crippen MR) is 77.5 cm³/mol. The van der Waals surface area contributed by atoms with Gasteiger partial charge in [0.1, 0.15) is 24.3 Å². The number of nitrogens with one attached hydrogen (secondary N) is 1. The number of hydrogen-bond acceptors (Lipinski definition) is 5. The van der Waals surface area contributed by atoms with E-state index in [4.69, 9.17) is 10.5 Å². The molecular formula is C15H16N6. The first-order chi connectivity index (χ1) is 10.2. The Morgan fingerprint density at radius 3 is 2.71 bits per heavy atom. The fourth-order valence-corrected chi connectivity index (χ4v) is 2.08. The molecule has 6 heteroatoms. The molecular weight excluding hydrogens is 264 g/mol. The molecule has 21 heavy (non-hydrogen) atoms. The zero-order chi connectivity index (χ0) is 15.2. The zero-order valence-corrected chi connectivity index (χ0v) is 12.1. The van der Waals surface area contributed by atoms with Gasteiger partial charge in [0, 0.05) is 12.7 Å². The highest BCUT2D eigenvalue weighted by Gasteiger charge is 2.14. The molecule has 0 saturated heterocycles. The van der Waals surface area contributed by atoms with Gasteiger partial charge < -0.3 is 5.32 Å². The average molecular weight is 280 g/mol. The van der Waals surface area contributed by atoms with E-state index in [0.717, 1.165) is 30.6 Å². The topological polar surface area (TPSA) is 90.3 Å². The Morgan fingerprint density at radius 2 is 2.10 bits per heavy atom. The van der Waals surface area contributed by atoms with Gasteiger partial charge in [0.05, 0.1) is 0 Å². The molecule has 0 aliphatic heterocycles. The van der Waals surface area contributed by atoms with Gasteiger partial charge in [-0.15, -0.1) is 0 Å². The molecule has 2 aromatic heterocycles. The second kappa shape index (κ2) is 6.65. The quantitative estimate of drug-likeness (QED) is 0.844. The van der Waals surface area contributed by atoms with Crippen LogP contribution in [0, 0.1) is 29.6 Å². The van der Waals surface area contributed by atoms with E-state index in [-0.39, 0.29) is 11.4 Å². The second-order valence-electron chi connectivity index (χ2n) is 4.70. The molecule has 0 amide bonds. The van der Waals surface area contributed by atoms with Crippen LogP contribution in [-0.4, -0.2) is 21.1 Å².